The Morgan fingerprint density at radius 3 is 2.95 bits per heavy atom. The van der Waals surface area contributed by atoms with Crippen LogP contribution in [0.2, 0.25) is 0 Å². The van der Waals surface area contributed by atoms with Crippen molar-refractivity contribution in [1.82, 2.24) is 5.32 Å². The predicted molar refractivity (Wildman–Crippen MR) is 71.3 cm³/mol. The first-order valence-corrected chi connectivity index (χ1v) is 6.24. The number of benzene rings is 1. The zero-order valence-electron chi connectivity index (χ0n) is 10.6. The van der Waals surface area contributed by atoms with Crippen molar-refractivity contribution in [2.45, 2.75) is 13.5 Å². The quantitative estimate of drug-likeness (QED) is 0.771. The highest BCUT2D eigenvalue weighted by Crippen LogP contribution is 2.31. The van der Waals surface area contributed by atoms with Gasteiger partial charge in [-0.1, -0.05) is 6.92 Å². The van der Waals surface area contributed by atoms with Crippen molar-refractivity contribution in [3.8, 4) is 11.3 Å². The predicted octanol–water partition coefficient (Wildman–Crippen LogP) is 3.94. The maximum atomic E-state index is 13.2. The lowest BCUT2D eigenvalue weighted by Gasteiger charge is -2.00. The maximum Gasteiger partial charge on any atom is 0.138 e. The number of rotatable bonds is 4. The Hall–Kier alpha value is -2.07. The largest absolute Gasteiger partial charge is 0.467 e. The molecule has 2 heterocycles. The van der Waals surface area contributed by atoms with E-state index in [9.17, 15) is 4.39 Å². The molecule has 0 aliphatic carbocycles. The molecule has 19 heavy (non-hydrogen) atoms. The van der Waals surface area contributed by atoms with Crippen LogP contribution in [0.1, 0.15) is 12.7 Å². The first kappa shape index (κ1) is 12.0. The minimum absolute atomic E-state index is 0.264. The van der Waals surface area contributed by atoms with Crippen molar-refractivity contribution in [3.63, 3.8) is 0 Å². The Labute approximate surface area is 110 Å². The van der Waals surface area contributed by atoms with Crippen LogP contribution in [0.5, 0.6) is 0 Å². The SMILES string of the molecule is CCNCc1occc1-c1cc2cc(F)ccc2o1. The number of nitrogens with one attached hydrogen (secondary N) is 1. The van der Waals surface area contributed by atoms with Gasteiger partial charge in [0, 0.05) is 5.39 Å². The zero-order valence-corrected chi connectivity index (χ0v) is 10.6. The molecule has 0 aliphatic heterocycles. The maximum absolute atomic E-state index is 13.2. The third-order valence-corrected chi connectivity index (χ3v) is 3.02. The molecule has 0 radical (unpaired) electrons. The first-order chi connectivity index (χ1) is 9.28. The van der Waals surface area contributed by atoms with E-state index < -0.39 is 0 Å². The third-order valence-electron chi connectivity index (χ3n) is 3.02. The van der Waals surface area contributed by atoms with Gasteiger partial charge < -0.3 is 14.2 Å². The lowest BCUT2D eigenvalue weighted by molar-refractivity contribution is 0.487. The second-order valence-corrected chi connectivity index (χ2v) is 4.33. The Kier molecular flexibility index (Phi) is 3.09. The number of hydrogen-bond donors (Lipinski definition) is 1. The summed E-state index contributed by atoms with van der Waals surface area (Å²) < 4.78 is 24.3. The molecule has 3 nitrogen and oxygen atoms in total. The van der Waals surface area contributed by atoms with E-state index in [0.717, 1.165) is 23.3 Å². The van der Waals surface area contributed by atoms with Gasteiger partial charge in [0.2, 0.25) is 0 Å². The summed E-state index contributed by atoms with van der Waals surface area (Å²) in [6.45, 7) is 3.54. The summed E-state index contributed by atoms with van der Waals surface area (Å²) in [7, 11) is 0. The molecule has 0 saturated heterocycles. The molecule has 4 heteroatoms. The molecule has 1 N–H and O–H groups in total. The lowest BCUT2D eigenvalue weighted by atomic mass is 10.1. The molecular formula is C15H14FNO2. The van der Waals surface area contributed by atoms with Gasteiger partial charge in [0.05, 0.1) is 18.4 Å². The van der Waals surface area contributed by atoms with Gasteiger partial charge in [0.1, 0.15) is 22.9 Å². The standard InChI is InChI=1S/C15H14FNO2/c1-2-17-9-15-12(5-6-18-15)14-8-10-7-11(16)3-4-13(10)19-14/h3-8,17H,2,9H2,1H3. The van der Waals surface area contributed by atoms with E-state index in [1.807, 2.05) is 19.1 Å². The topological polar surface area (TPSA) is 38.3 Å². The fourth-order valence-electron chi connectivity index (χ4n) is 2.08. The van der Waals surface area contributed by atoms with Crippen molar-refractivity contribution in [1.29, 1.82) is 0 Å². The monoisotopic (exact) mass is 259 g/mol. The molecule has 3 aromatic rings. The summed E-state index contributed by atoms with van der Waals surface area (Å²) in [5.41, 5.74) is 1.57. The minimum Gasteiger partial charge on any atom is -0.467 e. The van der Waals surface area contributed by atoms with Gasteiger partial charge in [-0.3, -0.25) is 0 Å². The zero-order chi connectivity index (χ0) is 13.2. The normalized spacial score (nSPS) is 11.3. The number of hydrogen-bond acceptors (Lipinski definition) is 3. The Morgan fingerprint density at radius 2 is 2.11 bits per heavy atom. The van der Waals surface area contributed by atoms with Crippen LogP contribution < -0.4 is 5.32 Å². The molecule has 1 aromatic carbocycles. The Balaban J connectivity index is 2.01. The van der Waals surface area contributed by atoms with Gasteiger partial charge in [-0.25, -0.2) is 4.39 Å². The first-order valence-electron chi connectivity index (χ1n) is 6.24. The molecule has 0 atom stereocenters. The van der Waals surface area contributed by atoms with Gasteiger partial charge >= 0.3 is 0 Å². The second kappa shape index (κ2) is 4.90. The Bertz CT molecular complexity index is 699. The molecule has 0 unspecified atom stereocenters. The molecule has 0 spiro atoms. The van der Waals surface area contributed by atoms with E-state index >= 15 is 0 Å². The smallest absolute Gasteiger partial charge is 0.138 e. The minimum atomic E-state index is -0.264. The van der Waals surface area contributed by atoms with Crippen LogP contribution in [0, 0.1) is 5.82 Å². The summed E-state index contributed by atoms with van der Waals surface area (Å²) in [6.07, 6.45) is 1.63. The van der Waals surface area contributed by atoms with Crippen LogP contribution >= 0.6 is 0 Å². The van der Waals surface area contributed by atoms with Crippen LogP contribution in [0.25, 0.3) is 22.3 Å². The number of halogens is 1. The molecule has 0 fully saturated rings. The average molecular weight is 259 g/mol. The highest BCUT2D eigenvalue weighted by molar-refractivity contribution is 5.83. The summed E-state index contributed by atoms with van der Waals surface area (Å²) in [5, 5.41) is 3.96. The second-order valence-electron chi connectivity index (χ2n) is 4.33. The van der Waals surface area contributed by atoms with Crippen LogP contribution in [0.15, 0.2) is 45.4 Å². The molecule has 0 bridgehead atoms. The fourth-order valence-corrected chi connectivity index (χ4v) is 2.08. The van der Waals surface area contributed by atoms with Gasteiger partial charge in [0.15, 0.2) is 0 Å². The van der Waals surface area contributed by atoms with Crippen molar-refractivity contribution in [3.05, 3.63) is 48.2 Å². The van der Waals surface area contributed by atoms with Crippen LogP contribution in [-0.4, -0.2) is 6.54 Å². The highest BCUT2D eigenvalue weighted by Gasteiger charge is 2.13. The molecule has 0 saturated carbocycles. The summed E-state index contributed by atoms with van der Waals surface area (Å²) >= 11 is 0. The van der Waals surface area contributed by atoms with Gasteiger partial charge in [-0.2, -0.15) is 0 Å². The van der Waals surface area contributed by atoms with Crippen molar-refractivity contribution < 1.29 is 13.2 Å². The van der Waals surface area contributed by atoms with Gasteiger partial charge in [-0.05, 0) is 36.9 Å². The van der Waals surface area contributed by atoms with E-state index in [4.69, 9.17) is 8.83 Å². The van der Waals surface area contributed by atoms with Crippen molar-refractivity contribution in [2.75, 3.05) is 6.54 Å². The van der Waals surface area contributed by atoms with E-state index in [1.54, 1.807) is 12.3 Å². The van der Waals surface area contributed by atoms with E-state index in [1.165, 1.54) is 12.1 Å². The average Bonchev–Trinajstić information content (AvgIpc) is 3.01. The van der Waals surface area contributed by atoms with Gasteiger partial charge in [0.25, 0.3) is 0 Å². The molecular weight excluding hydrogens is 245 g/mol. The molecule has 98 valence electrons. The lowest BCUT2D eigenvalue weighted by Crippen LogP contribution is -2.11. The number of furan rings is 2. The van der Waals surface area contributed by atoms with Crippen LogP contribution in [0.3, 0.4) is 0 Å². The molecule has 0 aliphatic rings. The Morgan fingerprint density at radius 1 is 1.21 bits per heavy atom. The van der Waals surface area contributed by atoms with E-state index in [0.29, 0.717) is 17.9 Å². The van der Waals surface area contributed by atoms with E-state index in [2.05, 4.69) is 5.32 Å². The molecule has 2 aromatic heterocycles. The summed E-state index contributed by atoms with van der Waals surface area (Å²) in [4.78, 5) is 0. The van der Waals surface area contributed by atoms with Crippen molar-refractivity contribution >= 4 is 11.0 Å². The third kappa shape index (κ3) is 2.27. The summed E-state index contributed by atoms with van der Waals surface area (Å²) in [6, 6.07) is 8.19. The number of fused-ring (bicyclic) bond motifs is 1. The van der Waals surface area contributed by atoms with Gasteiger partial charge in [-0.15, -0.1) is 0 Å². The van der Waals surface area contributed by atoms with Crippen LogP contribution in [-0.2, 0) is 6.54 Å². The highest BCUT2D eigenvalue weighted by atomic mass is 19.1. The van der Waals surface area contributed by atoms with E-state index in [-0.39, 0.29) is 5.82 Å². The van der Waals surface area contributed by atoms with Crippen molar-refractivity contribution in [2.24, 2.45) is 0 Å². The fraction of sp³-hybridized carbons (Fsp3) is 0.200. The molecule has 0 amide bonds. The summed E-state index contributed by atoms with van der Waals surface area (Å²) in [5.74, 6) is 1.25. The van der Waals surface area contributed by atoms with Crippen LogP contribution in [0.4, 0.5) is 4.39 Å². The molecule has 3 rings (SSSR count).